The number of nitrogens with one attached hydrogen (secondary N) is 1. The standard InChI is InChI=1S/C17H10Cl2N2/c18-12-7-13(19)9-14(8-12)21-17-6-5-11(10-20)15-3-1-2-4-16(15)17/h1-9,21H. The third-order valence-corrected chi connectivity index (χ3v) is 3.62. The molecule has 0 spiro atoms. The molecule has 0 amide bonds. The summed E-state index contributed by atoms with van der Waals surface area (Å²) in [5, 5.41) is 15.5. The van der Waals surface area contributed by atoms with Gasteiger partial charge in [0.25, 0.3) is 0 Å². The minimum atomic E-state index is 0.572. The Morgan fingerprint density at radius 1 is 0.857 bits per heavy atom. The van der Waals surface area contributed by atoms with Gasteiger partial charge in [-0.25, -0.2) is 0 Å². The summed E-state index contributed by atoms with van der Waals surface area (Å²) < 4.78 is 0. The van der Waals surface area contributed by atoms with Gasteiger partial charge in [0.1, 0.15) is 0 Å². The Bertz CT molecular complexity index is 846. The predicted molar refractivity (Wildman–Crippen MR) is 88.4 cm³/mol. The zero-order valence-corrected chi connectivity index (χ0v) is 12.4. The third kappa shape index (κ3) is 2.80. The van der Waals surface area contributed by atoms with Gasteiger partial charge in [0.05, 0.1) is 11.6 Å². The second-order valence-electron chi connectivity index (χ2n) is 4.60. The largest absolute Gasteiger partial charge is 0.355 e. The van der Waals surface area contributed by atoms with Gasteiger partial charge in [0.15, 0.2) is 0 Å². The highest BCUT2D eigenvalue weighted by Crippen LogP contribution is 2.31. The van der Waals surface area contributed by atoms with E-state index >= 15 is 0 Å². The van der Waals surface area contributed by atoms with Crippen molar-refractivity contribution in [1.82, 2.24) is 0 Å². The Morgan fingerprint density at radius 3 is 2.19 bits per heavy atom. The highest BCUT2D eigenvalue weighted by atomic mass is 35.5. The average molecular weight is 313 g/mol. The molecule has 0 aliphatic heterocycles. The van der Waals surface area contributed by atoms with E-state index in [9.17, 15) is 5.26 Å². The molecule has 0 aliphatic carbocycles. The van der Waals surface area contributed by atoms with E-state index in [1.54, 1.807) is 24.3 Å². The average Bonchev–Trinajstić information content (AvgIpc) is 2.46. The number of benzene rings is 3. The molecule has 0 fully saturated rings. The van der Waals surface area contributed by atoms with Crippen LogP contribution >= 0.6 is 23.2 Å². The first-order valence-electron chi connectivity index (χ1n) is 6.32. The highest BCUT2D eigenvalue weighted by Gasteiger charge is 2.06. The van der Waals surface area contributed by atoms with Gasteiger partial charge in [-0.3, -0.25) is 0 Å². The zero-order valence-electron chi connectivity index (χ0n) is 10.9. The fraction of sp³-hybridized carbons (Fsp3) is 0. The molecule has 0 saturated carbocycles. The van der Waals surface area contributed by atoms with Crippen LogP contribution in [0.2, 0.25) is 10.0 Å². The minimum absolute atomic E-state index is 0.572. The topological polar surface area (TPSA) is 35.8 Å². The van der Waals surface area contributed by atoms with Crippen LogP contribution < -0.4 is 5.32 Å². The summed E-state index contributed by atoms with van der Waals surface area (Å²) in [4.78, 5) is 0. The first-order chi connectivity index (χ1) is 10.2. The SMILES string of the molecule is N#Cc1ccc(Nc2cc(Cl)cc(Cl)c2)c2ccccc12. The smallest absolute Gasteiger partial charge is 0.0998 e. The van der Waals surface area contributed by atoms with Gasteiger partial charge >= 0.3 is 0 Å². The molecule has 0 unspecified atom stereocenters. The monoisotopic (exact) mass is 312 g/mol. The van der Waals surface area contributed by atoms with E-state index in [1.165, 1.54) is 0 Å². The van der Waals surface area contributed by atoms with Crippen molar-refractivity contribution in [3.8, 4) is 6.07 Å². The molecule has 1 N–H and O–H groups in total. The summed E-state index contributed by atoms with van der Waals surface area (Å²) in [5.74, 6) is 0. The fourth-order valence-corrected chi connectivity index (χ4v) is 2.81. The molecule has 2 nitrogen and oxygen atoms in total. The van der Waals surface area contributed by atoms with Crippen LogP contribution in [0, 0.1) is 11.3 Å². The lowest BCUT2D eigenvalue weighted by atomic mass is 10.0. The first-order valence-corrected chi connectivity index (χ1v) is 7.08. The van der Waals surface area contributed by atoms with Crippen molar-refractivity contribution in [1.29, 1.82) is 5.26 Å². The molecule has 0 saturated heterocycles. The molecular weight excluding hydrogens is 303 g/mol. The number of nitriles is 1. The summed E-state index contributed by atoms with van der Waals surface area (Å²) in [6.45, 7) is 0. The number of fused-ring (bicyclic) bond motifs is 1. The van der Waals surface area contributed by atoms with Crippen LogP contribution in [0.25, 0.3) is 10.8 Å². The normalized spacial score (nSPS) is 10.3. The van der Waals surface area contributed by atoms with Crippen LogP contribution in [0.4, 0.5) is 11.4 Å². The molecule has 0 aromatic heterocycles. The van der Waals surface area contributed by atoms with Gasteiger partial charge < -0.3 is 5.32 Å². The van der Waals surface area contributed by atoms with Gasteiger partial charge in [0.2, 0.25) is 0 Å². The van der Waals surface area contributed by atoms with Gasteiger partial charge in [0, 0.05) is 32.2 Å². The first kappa shape index (κ1) is 13.8. The Hall–Kier alpha value is -2.21. The number of rotatable bonds is 2. The summed E-state index contributed by atoms with van der Waals surface area (Å²) >= 11 is 12.0. The van der Waals surface area contributed by atoms with Crippen molar-refractivity contribution < 1.29 is 0 Å². The Morgan fingerprint density at radius 2 is 1.52 bits per heavy atom. The van der Waals surface area contributed by atoms with E-state index in [4.69, 9.17) is 23.2 Å². The van der Waals surface area contributed by atoms with Crippen molar-refractivity contribution in [3.05, 3.63) is 70.2 Å². The summed E-state index contributed by atoms with van der Waals surface area (Å²) in [7, 11) is 0. The Labute approximate surface area is 132 Å². The van der Waals surface area contributed by atoms with Crippen molar-refractivity contribution >= 4 is 45.3 Å². The maximum absolute atomic E-state index is 9.18. The van der Waals surface area contributed by atoms with Gasteiger partial charge in [-0.1, -0.05) is 47.5 Å². The van der Waals surface area contributed by atoms with Crippen molar-refractivity contribution in [3.63, 3.8) is 0 Å². The van der Waals surface area contributed by atoms with Gasteiger partial charge in [-0.05, 0) is 30.3 Å². The molecule has 3 rings (SSSR count). The van der Waals surface area contributed by atoms with E-state index < -0.39 is 0 Å². The Balaban J connectivity index is 2.11. The second kappa shape index (κ2) is 5.65. The van der Waals surface area contributed by atoms with E-state index in [2.05, 4.69) is 11.4 Å². The molecule has 0 bridgehead atoms. The van der Waals surface area contributed by atoms with Crippen LogP contribution in [0.15, 0.2) is 54.6 Å². The number of nitrogens with zero attached hydrogens (tertiary/aromatic N) is 1. The molecule has 102 valence electrons. The van der Waals surface area contributed by atoms with Gasteiger partial charge in [-0.15, -0.1) is 0 Å². The number of anilines is 2. The molecule has 21 heavy (non-hydrogen) atoms. The third-order valence-electron chi connectivity index (χ3n) is 3.19. The quantitative estimate of drug-likeness (QED) is 0.652. The van der Waals surface area contributed by atoms with E-state index in [0.717, 1.165) is 22.1 Å². The van der Waals surface area contributed by atoms with Crippen LogP contribution in [-0.4, -0.2) is 0 Å². The van der Waals surface area contributed by atoms with Crippen LogP contribution in [-0.2, 0) is 0 Å². The van der Waals surface area contributed by atoms with Crippen LogP contribution in [0.5, 0.6) is 0 Å². The molecular formula is C17H10Cl2N2. The molecule has 4 heteroatoms. The molecule has 3 aromatic rings. The van der Waals surface area contributed by atoms with E-state index in [-0.39, 0.29) is 0 Å². The molecule has 0 aliphatic rings. The summed E-state index contributed by atoms with van der Waals surface area (Å²) in [6, 6.07) is 19.0. The molecule has 0 heterocycles. The highest BCUT2D eigenvalue weighted by molar-refractivity contribution is 6.35. The van der Waals surface area contributed by atoms with Crippen molar-refractivity contribution in [2.75, 3.05) is 5.32 Å². The maximum atomic E-state index is 9.18. The predicted octanol–water partition coefficient (Wildman–Crippen LogP) is 5.76. The molecule has 0 atom stereocenters. The van der Waals surface area contributed by atoms with E-state index in [1.807, 2.05) is 30.3 Å². The lowest BCUT2D eigenvalue weighted by Crippen LogP contribution is -1.93. The maximum Gasteiger partial charge on any atom is 0.0998 e. The van der Waals surface area contributed by atoms with Gasteiger partial charge in [-0.2, -0.15) is 5.26 Å². The summed E-state index contributed by atoms with van der Waals surface area (Å²) in [5.41, 5.74) is 2.37. The number of hydrogen-bond donors (Lipinski definition) is 1. The molecule has 3 aromatic carbocycles. The summed E-state index contributed by atoms with van der Waals surface area (Å²) in [6.07, 6.45) is 0. The van der Waals surface area contributed by atoms with E-state index in [0.29, 0.717) is 15.6 Å². The van der Waals surface area contributed by atoms with Crippen molar-refractivity contribution in [2.24, 2.45) is 0 Å². The Kier molecular flexibility index (Phi) is 3.70. The lowest BCUT2D eigenvalue weighted by molar-refractivity contribution is 1.50. The minimum Gasteiger partial charge on any atom is -0.355 e. The van der Waals surface area contributed by atoms with Crippen LogP contribution in [0.3, 0.4) is 0 Å². The lowest BCUT2D eigenvalue weighted by Gasteiger charge is -2.11. The number of hydrogen-bond acceptors (Lipinski definition) is 2. The zero-order chi connectivity index (χ0) is 14.8. The fourth-order valence-electron chi connectivity index (χ4n) is 2.29. The van der Waals surface area contributed by atoms with Crippen molar-refractivity contribution in [2.45, 2.75) is 0 Å². The van der Waals surface area contributed by atoms with Crippen LogP contribution in [0.1, 0.15) is 5.56 Å². The molecule has 0 radical (unpaired) electrons. The second-order valence-corrected chi connectivity index (χ2v) is 5.47. The number of halogens is 2.